The van der Waals surface area contributed by atoms with Gasteiger partial charge in [-0.05, 0) is 35.4 Å². The number of rotatable bonds is 1. The summed E-state index contributed by atoms with van der Waals surface area (Å²) in [4.78, 5) is 0. The monoisotopic (exact) mass is 208 g/mol. The van der Waals surface area contributed by atoms with Crippen LogP contribution in [0.2, 0.25) is 0 Å². The summed E-state index contributed by atoms with van der Waals surface area (Å²) in [6.45, 7) is 4.26. The van der Waals surface area contributed by atoms with Crippen molar-refractivity contribution in [1.29, 1.82) is 0 Å². The third kappa shape index (κ3) is 2.06. The van der Waals surface area contributed by atoms with E-state index < -0.39 is 0 Å². The van der Waals surface area contributed by atoms with E-state index in [1.54, 1.807) is 0 Å². The first-order chi connectivity index (χ1) is 7.83. The van der Waals surface area contributed by atoms with Crippen LogP contribution in [0.3, 0.4) is 0 Å². The van der Waals surface area contributed by atoms with Gasteiger partial charge in [0.05, 0.1) is 0 Å². The van der Waals surface area contributed by atoms with E-state index in [1.165, 1.54) is 21.6 Å². The second-order valence-electron chi connectivity index (χ2n) is 3.87. The summed E-state index contributed by atoms with van der Waals surface area (Å²) in [5.41, 5.74) is 2.62. The molecule has 0 unspecified atom stereocenters. The van der Waals surface area contributed by atoms with Gasteiger partial charge < -0.3 is 0 Å². The van der Waals surface area contributed by atoms with Gasteiger partial charge in [-0.15, -0.1) is 0 Å². The third-order valence-corrected chi connectivity index (χ3v) is 2.88. The summed E-state index contributed by atoms with van der Waals surface area (Å²) in [5, 5.41) is 2.61. The summed E-state index contributed by atoms with van der Waals surface area (Å²) in [7, 11) is 0. The molecule has 0 N–H and O–H groups in total. The highest BCUT2D eigenvalue weighted by Gasteiger charge is 1.95. The van der Waals surface area contributed by atoms with Crippen LogP contribution in [0.15, 0.2) is 54.6 Å². The average Bonchev–Trinajstić information content (AvgIpc) is 2.39. The van der Waals surface area contributed by atoms with Gasteiger partial charge in [-0.2, -0.15) is 0 Å². The molecule has 0 heterocycles. The summed E-state index contributed by atoms with van der Waals surface area (Å²) in [6.07, 6.45) is 2.15. The van der Waals surface area contributed by atoms with Gasteiger partial charge in [0.1, 0.15) is 0 Å². The van der Waals surface area contributed by atoms with E-state index in [2.05, 4.69) is 74.5 Å². The molecule has 0 aliphatic carbocycles. The van der Waals surface area contributed by atoms with Crippen LogP contribution >= 0.6 is 0 Å². The van der Waals surface area contributed by atoms with E-state index in [1.807, 2.05) is 0 Å². The van der Waals surface area contributed by atoms with Gasteiger partial charge in [0.25, 0.3) is 0 Å². The fraction of sp³-hybridized carbons (Fsp3) is 0.125. The molecular formula is C16H16. The molecule has 0 spiro atoms. The van der Waals surface area contributed by atoms with Gasteiger partial charge in [0, 0.05) is 0 Å². The molecule has 0 amide bonds. The van der Waals surface area contributed by atoms with Crippen LogP contribution in [0.1, 0.15) is 19.4 Å². The summed E-state index contributed by atoms with van der Waals surface area (Å²) in [5.74, 6) is 0. The minimum atomic E-state index is 1.29. The standard InChI is InChI=1S/C16H16/c1-3-14-9-7-8-12-16(14)13(2)15-10-5-4-6-11-15/h3-12H,1-2H3/b14-3+,16-13-. The molecular weight excluding hydrogens is 192 g/mol. The Morgan fingerprint density at radius 1 is 0.875 bits per heavy atom. The molecule has 0 nitrogen and oxygen atoms in total. The van der Waals surface area contributed by atoms with Crippen LogP contribution < -0.4 is 10.4 Å². The quantitative estimate of drug-likeness (QED) is 0.676. The van der Waals surface area contributed by atoms with Crippen molar-refractivity contribution < 1.29 is 0 Å². The maximum atomic E-state index is 2.18. The van der Waals surface area contributed by atoms with Crippen molar-refractivity contribution in [1.82, 2.24) is 0 Å². The molecule has 0 aliphatic heterocycles. The smallest absolute Gasteiger partial charge is 0.0152 e. The number of hydrogen-bond donors (Lipinski definition) is 0. The van der Waals surface area contributed by atoms with Gasteiger partial charge in [0.2, 0.25) is 0 Å². The average molecular weight is 208 g/mol. The lowest BCUT2D eigenvalue weighted by Crippen LogP contribution is -2.25. The van der Waals surface area contributed by atoms with E-state index in [4.69, 9.17) is 0 Å². The first-order valence-electron chi connectivity index (χ1n) is 5.60. The Kier molecular flexibility index (Phi) is 3.21. The van der Waals surface area contributed by atoms with Crippen molar-refractivity contribution in [2.45, 2.75) is 13.8 Å². The SMILES string of the molecule is C/C=c1\cccc\c1=C(/C)c1ccccc1. The molecule has 0 saturated heterocycles. The maximum Gasteiger partial charge on any atom is -0.0152 e. The van der Waals surface area contributed by atoms with Crippen molar-refractivity contribution in [3.8, 4) is 0 Å². The molecule has 0 aliphatic rings. The maximum absolute atomic E-state index is 2.18. The second-order valence-corrected chi connectivity index (χ2v) is 3.87. The molecule has 0 radical (unpaired) electrons. The largest absolute Gasteiger partial charge is 0.0798 e. The molecule has 0 aromatic heterocycles. The zero-order valence-electron chi connectivity index (χ0n) is 9.77. The van der Waals surface area contributed by atoms with Crippen molar-refractivity contribution in [2.24, 2.45) is 0 Å². The molecule has 2 rings (SSSR count). The topological polar surface area (TPSA) is 0 Å². The van der Waals surface area contributed by atoms with Gasteiger partial charge in [-0.3, -0.25) is 0 Å². The van der Waals surface area contributed by atoms with Crippen LogP contribution in [0.25, 0.3) is 11.6 Å². The minimum Gasteiger partial charge on any atom is -0.0798 e. The highest BCUT2D eigenvalue weighted by Crippen LogP contribution is 2.08. The minimum absolute atomic E-state index is 1.29. The normalized spacial score (nSPS) is 13.8. The molecule has 16 heavy (non-hydrogen) atoms. The highest BCUT2D eigenvalue weighted by molar-refractivity contribution is 5.63. The molecule has 0 heteroatoms. The molecule has 2 aromatic rings. The molecule has 80 valence electrons. The number of benzene rings is 2. The first kappa shape index (κ1) is 10.7. The molecule has 0 atom stereocenters. The van der Waals surface area contributed by atoms with Crippen LogP contribution in [-0.2, 0) is 0 Å². The Bertz CT molecular complexity index is 577. The van der Waals surface area contributed by atoms with Gasteiger partial charge in [-0.1, -0.05) is 60.7 Å². The Hall–Kier alpha value is -1.82. The van der Waals surface area contributed by atoms with Gasteiger partial charge in [-0.25, -0.2) is 0 Å². The Morgan fingerprint density at radius 3 is 2.19 bits per heavy atom. The zero-order valence-corrected chi connectivity index (χ0v) is 9.77. The Balaban J connectivity index is 2.75. The molecule has 0 bridgehead atoms. The fourth-order valence-corrected chi connectivity index (χ4v) is 1.93. The van der Waals surface area contributed by atoms with Crippen LogP contribution in [0, 0.1) is 0 Å². The Morgan fingerprint density at radius 2 is 1.50 bits per heavy atom. The number of hydrogen-bond acceptors (Lipinski definition) is 0. The van der Waals surface area contributed by atoms with Crippen molar-refractivity contribution in [3.05, 3.63) is 70.6 Å². The predicted molar refractivity (Wildman–Crippen MR) is 70.5 cm³/mol. The van der Waals surface area contributed by atoms with Gasteiger partial charge in [0.15, 0.2) is 0 Å². The lowest BCUT2D eigenvalue weighted by Gasteiger charge is -2.01. The first-order valence-corrected chi connectivity index (χ1v) is 5.60. The predicted octanol–water partition coefficient (Wildman–Crippen LogP) is 2.71. The Labute approximate surface area is 96.6 Å². The van der Waals surface area contributed by atoms with E-state index in [0.29, 0.717) is 0 Å². The molecule has 0 saturated carbocycles. The van der Waals surface area contributed by atoms with Gasteiger partial charge >= 0.3 is 0 Å². The van der Waals surface area contributed by atoms with Crippen LogP contribution in [-0.4, -0.2) is 0 Å². The summed E-state index contributed by atoms with van der Waals surface area (Å²) >= 11 is 0. The van der Waals surface area contributed by atoms with E-state index in [9.17, 15) is 0 Å². The van der Waals surface area contributed by atoms with Crippen molar-refractivity contribution in [2.75, 3.05) is 0 Å². The highest BCUT2D eigenvalue weighted by atomic mass is 14.0. The summed E-state index contributed by atoms with van der Waals surface area (Å²) in [6, 6.07) is 19.0. The molecule has 2 aromatic carbocycles. The summed E-state index contributed by atoms with van der Waals surface area (Å²) < 4.78 is 0. The lowest BCUT2D eigenvalue weighted by molar-refractivity contribution is 1.43. The van der Waals surface area contributed by atoms with Crippen LogP contribution in [0.4, 0.5) is 0 Å². The lowest BCUT2D eigenvalue weighted by atomic mass is 10.0. The zero-order chi connectivity index (χ0) is 11.4. The van der Waals surface area contributed by atoms with E-state index >= 15 is 0 Å². The third-order valence-electron chi connectivity index (χ3n) is 2.88. The van der Waals surface area contributed by atoms with Crippen molar-refractivity contribution >= 4 is 11.6 Å². The molecule has 0 fully saturated rings. The second kappa shape index (κ2) is 4.80. The fourth-order valence-electron chi connectivity index (χ4n) is 1.93. The van der Waals surface area contributed by atoms with E-state index in [-0.39, 0.29) is 0 Å². The van der Waals surface area contributed by atoms with Crippen LogP contribution in [0.5, 0.6) is 0 Å². The van der Waals surface area contributed by atoms with E-state index in [0.717, 1.165) is 0 Å². The van der Waals surface area contributed by atoms with Crippen molar-refractivity contribution in [3.63, 3.8) is 0 Å².